The molecule has 1 aliphatic rings. The van der Waals surface area contributed by atoms with E-state index in [9.17, 15) is 13.2 Å². The van der Waals surface area contributed by atoms with Gasteiger partial charge in [0.1, 0.15) is 10.8 Å². The van der Waals surface area contributed by atoms with E-state index in [-0.39, 0.29) is 12.3 Å². The molecule has 1 aromatic rings. The van der Waals surface area contributed by atoms with Crippen LogP contribution in [0.15, 0.2) is 18.3 Å². The van der Waals surface area contributed by atoms with Crippen LogP contribution in [-0.2, 0) is 20.3 Å². The molecule has 0 radical (unpaired) electrons. The van der Waals surface area contributed by atoms with E-state index in [2.05, 4.69) is 4.98 Å². The van der Waals surface area contributed by atoms with Crippen molar-refractivity contribution in [2.45, 2.75) is 43.8 Å². The Morgan fingerprint density at radius 3 is 2.70 bits per heavy atom. The van der Waals surface area contributed by atoms with Crippen molar-refractivity contribution in [2.75, 3.05) is 13.1 Å². The molecule has 1 aliphatic heterocycles. The van der Waals surface area contributed by atoms with Crippen LogP contribution in [0.5, 0.6) is 0 Å². The highest BCUT2D eigenvalue weighted by molar-refractivity contribution is 7.91. The van der Waals surface area contributed by atoms with Gasteiger partial charge in [0.05, 0.1) is 11.0 Å². The van der Waals surface area contributed by atoms with Crippen molar-refractivity contribution in [1.82, 2.24) is 9.88 Å². The average molecular weight is 361 g/mol. The van der Waals surface area contributed by atoms with Crippen LogP contribution in [-0.4, -0.2) is 48.3 Å². The summed E-state index contributed by atoms with van der Waals surface area (Å²) in [7, 11) is -3.37. The van der Waals surface area contributed by atoms with Gasteiger partial charge in [0.2, 0.25) is 0 Å². The second-order valence-corrected chi connectivity index (χ2v) is 9.30. The number of pyridine rings is 1. The third kappa shape index (κ3) is 5.07. The molecule has 0 saturated carbocycles. The van der Waals surface area contributed by atoms with E-state index in [0.717, 1.165) is 0 Å². The second kappa shape index (κ2) is 6.65. The van der Waals surface area contributed by atoms with Crippen LogP contribution in [0.25, 0.3) is 0 Å². The summed E-state index contributed by atoms with van der Waals surface area (Å²) in [6, 6.07) is 3.21. The first-order valence-electron chi connectivity index (χ1n) is 7.37. The van der Waals surface area contributed by atoms with E-state index in [0.29, 0.717) is 23.7 Å². The van der Waals surface area contributed by atoms with Gasteiger partial charge >= 0.3 is 6.09 Å². The van der Waals surface area contributed by atoms with Crippen molar-refractivity contribution in [3.05, 3.63) is 29.0 Å². The summed E-state index contributed by atoms with van der Waals surface area (Å²) in [5, 5.41) is -0.256. The first kappa shape index (κ1) is 18.0. The average Bonchev–Trinajstić information content (AvgIpc) is 2.90. The Balaban J connectivity index is 1.99. The lowest BCUT2D eigenvalue weighted by Crippen LogP contribution is -2.36. The topological polar surface area (TPSA) is 76.6 Å². The lowest BCUT2D eigenvalue weighted by atomic mass is 10.2. The lowest BCUT2D eigenvalue weighted by molar-refractivity contribution is 0.0295. The van der Waals surface area contributed by atoms with Gasteiger partial charge in [-0.15, -0.1) is 0 Å². The van der Waals surface area contributed by atoms with Crippen molar-refractivity contribution in [1.29, 1.82) is 0 Å². The largest absolute Gasteiger partial charge is 0.444 e. The molecular formula is C15H21ClN2O4S. The van der Waals surface area contributed by atoms with E-state index in [1.165, 1.54) is 11.1 Å². The molecule has 1 atom stereocenters. The highest BCUT2D eigenvalue weighted by Gasteiger charge is 2.36. The maximum Gasteiger partial charge on any atom is 0.410 e. The molecule has 0 bridgehead atoms. The summed E-state index contributed by atoms with van der Waals surface area (Å²) in [5.41, 5.74) is -0.00615. The van der Waals surface area contributed by atoms with Crippen molar-refractivity contribution in [2.24, 2.45) is 0 Å². The van der Waals surface area contributed by atoms with Gasteiger partial charge in [0, 0.05) is 19.3 Å². The molecule has 1 fully saturated rings. The Hall–Kier alpha value is -1.34. The molecule has 2 rings (SSSR count). The Morgan fingerprint density at radius 2 is 2.13 bits per heavy atom. The molecule has 6 nitrogen and oxygen atoms in total. The van der Waals surface area contributed by atoms with Crippen LogP contribution < -0.4 is 0 Å². The number of nitrogens with zero attached hydrogens (tertiary/aromatic N) is 2. The minimum absolute atomic E-state index is 0.107. The summed E-state index contributed by atoms with van der Waals surface area (Å²) in [6.07, 6.45) is 1.41. The number of aromatic nitrogens is 1. The van der Waals surface area contributed by atoms with Crippen LogP contribution in [0, 0.1) is 0 Å². The van der Waals surface area contributed by atoms with Crippen molar-refractivity contribution >= 4 is 27.5 Å². The SMILES string of the molecule is CC(C)(C)OC(=O)N1CC[C@@H](S(=O)(=O)Cc2ccc(Cl)nc2)C1. The lowest BCUT2D eigenvalue weighted by Gasteiger charge is -2.24. The first-order valence-corrected chi connectivity index (χ1v) is 9.46. The quantitative estimate of drug-likeness (QED) is 0.774. The van der Waals surface area contributed by atoms with Gasteiger partial charge in [-0.1, -0.05) is 17.7 Å². The predicted molar refractivity (Wildman–Crippen MR) is 88.1 cm³/mol. The minimum Gasteiger partial charge on any atom is -0.444 e. The maximum absolute atomic E-state index is 12.5. The Kier molecular flexibility index (Phi) is 5.20. The molecule has 2 heterocycles. The van der Waals surface area contributed by atoms with E-state index < -0.39 is 26.8 Å². The number of ether oxygens (including phenoxy) is 1. The van der Waals surface area contributed by atoms with Gasteiger partial charge in [-0.3, -0.25) is 0 Å². The monoisotopic (exact) mass is 360 g/mol. The number of hydrogen-bond acceptors (Lipinski definition) is 5. The van der Waals surface area contributed by atoms with Crippen LogP contribution in [0.4, 0.5) is 4.79 Å². The zero-order valence-electron chi connectivity index (χ0n) is 13.5. The predicted octanol–water partition coefficient (Wildman–Crippen LogP) is 2.66. The molecule has 8 heteroatoms. The number of rotatable bonds is 3. The normalized spacial score (nSPS) is 19.0. The van der Waals surface area contributed by atoms with Crippen molar-refractivity contribution in [3.63, 3.8) is 0 Å². The van der Waals surface area contributed by atoms with E-state index in [1.54, 1.807) is 32.9 Å². The fourth-order valence-electron chi connectivity index (χ4n) is 2.36. The molecule has 1 amide bonds. The summed E-state index contributed by atoms with van der Waals surface area (Å²) in [4.78, 5) is 17.4. The van der Waals surface area contributed by atoms with Crippen LogP contribution >= 0.6 is 11.6 Å². The third-order valence-corrected chi connectivity index (χ3v) is 5.82. The van der Waals surface area contributed by atoms with Gasteiger partial charge in [-0.25, -0.2) is 18.2 Å². The van der Waals surface area contributed by atoms with E-state index in [4.69, 9.17) is 16.3 Å². The first-order chi connectivity index (χ1) is 10.6. The fraction of sp³-hybridized carbons (Fsp3) is 0.600. The number of sulfone groups is 1. The Bertz CT molecular complexity index is 668. The Morgan fingerprint density at radius 1 is 1.43 bits per heavy atom. The molecule has 0 spiro atoms. The molecular weight excluding hydrogens is 340 g/mol. The van der Waals surface area contributed by atoms with Gasteiger partial charge in [-0.2, -0.15) is 0 Å². The van der Waals surface area contributed by atoms with Gasteiger partial charge < -0.3 is 9.64 Å². The summed E-state index contributed by atoms with van der Waals surface area (Å²) < 4.78 is 30.3. The highest BCUT2D eigenvalue weighted by Crippen LogP contribution is 2.22. The number of hydrogen-bond donors (Lipinski definition) is 0. The zero-order chi connectivity index (χ0) is 17.3. The minimum atomic E-state index is -3.37. The fourth-order valence-corrected chi connectivity index (χ4v) is 4.21. The van der Waals surface area contributed by atoms with E-state index in [1.807, 2.05) is 0 Å². The van der Waals surface area contributed by atoms with Gasteiger partial charge in [0.25, 0.3) is 0 Å². The maximum atomic E-state index is 12.5. The number of likely N-dealkylation sites (tertiary alicyclic amines) is 1. The molecule has 0 aliphatic carbocycles. The van der Waals surface area contributed by atoms with Crippen molar-refractivity contribution in [3.8, 4) is 0 Å². The molecule has 0 N–H and O–H groups in total. The summed E-state index contributed by atoms with van der Waals surface area (Å²) >= 11 is 5.70. The molecule has 1 saturated heterocycles. The zero-order valence-corrected chi connectivity index (χ0v) is 15.0. The number of carbonyl (C=O) groups is 1. The van der Waals surface area contributed by atoms with Crippen LogP contribution in [0.1, 0.15) is 32.8 Å². The van der Waals surface area contributed by atoms with Gasteiger partial charge in [0.15, 0.2) is 9.84 Å². The smallest absolute Gasteiger partial charge is 0.410 e. The molecule has 1 aromatic heterocycles. The summed E-state index contributed by atoms with van der Waals surface area (Å²) in [6.45, 7) is 5.89. The third-order valence-electron chi connectivity index (χ3n) is 3.46. The van der Waals surface area contributed by atoms with Gasteiger partial charge in [-0.05, 0) is 38.8 Å². The molecule has 23 heavy (non-hydrogen) atoms. The second-order valence-electron chi connectivity index (χ2n) is 6.63. The van der Waals surface area contributed by atoms with E-state index >= 15 is 0 Å². The number of halogens is 1. The Labute approximate surface area is 141 Å². The van der Waals surface area contributed by atoms with Crippen molar-refractivity contribution < 1.29 is 17.9 Å². The van der Waals surface area contributed by atoms with Crippen LogP contribution in [0.3, 0.4) is 0 Å². The molecule has 0 unspecified atom stereocenters. The number of amides is 1. The molecule has 128 valence electrons. The number of carbonyl (C=O) groups excluding carboxylic acids is 1. The highest BCUT2D eigenvalue weighted by atomic mass is 35.5. The van der Waals surface area contributed by atoms with Crippen LogP contribution in [0.2, 0.25) is 5.15 Å². The summed E-state index contributed by atoms with van der Waals surface area (Å²) in [5.74, 6) is -0.107. The standard InChI is InChI=1S/C15H21ClN2O4S/c1-15(2,3)22-14(19)18-7-6-12(9-18)23(20,21)10-11-4-5-13(16)17-8-11/h4-5,8,12H,6-7,9-10H2,1-3H3/t12-/m1/s1. The molecule has 0 aromatic carbocycles.